The van der Waals surface area contributed by atoms with Crippen LogP contribution in [0, 0.1) is 0 Å². The van der Waals surface area contributed by atoms with Gasteiger partial charge in [0, 0.05) is 24.0 Å². The van der Waals surface area contributed by atoms with Gasteiger partial charge in [0.2, 0.25) is 0 Å². The number of hydrogen-bond donors (Lipinski definition) is 0. The fourth-order valence-corrected chi connectivity index (χ4v) is 4.20. The Bertz CT molecular complexity index is 1360. The number of carbonyl (C=O) groups excluding carboxylic acids is 2. The molecule has 0 N–H and O–H groups in total. The lowest BCUT2D eigenvalue weighted by Crippen LogP contribution is -2.04. The van der Waals surface area contributed by atoms with Crippen LogP contribution >= 0.6 is 15.9 Å². The predicted octanol–water partition coefficient (Wildman–Crippen LogP) is 8.12. The highest BCUT2D eigenvalue weighted by Crippen LogP contribution is 2.15. The zero-order valence-corrected chi connectivity index (χ0v) is 26.2. The second-order valence-electron chi connectivity index (χ2n) is 9.65. The van der Waals surface area contributed by atoms with E-state index in [0.29, 0.717) is 56.1 Å². The molecule has 0 saturated heterocycles. The average Bonchev–Trinajstić information content (AvgIpc) is 3.05. The van der Waals surface area contributed by atoms with Crippen molar-refractivity contribution in [2.45, 2.75) is 33.0 Å². The Hall–Kier alpha value is -3.78. The van der Waals surface area contributed by atoms with Crippen molar-refractivity contribution < 1.29 is 28.5 Å². The lowest BCUT2D eigenvalue weighted by atomic mass is 10.1. The van der Waals surface area contributed by atoms with E-state index >= 15 is 0 Å². The quantitative estimate of drug-likeness (QED) is 0.0655. The Labute approximate surface area is 263 Å². The highest BCUT2D eigenvalue weighted by atomic mass is 79.9. The molecule has 0 aliphatic rings. The van der Waals surface area contributed by atoms with Crippen molar-refractivity contribution in [3.8, 4) is 11.5 Å². The summed E-state index contributed by atoms with van der Waals surface area (Å²) >= 11 is 3.17. The van der Waals surface area contributed by atoms with Crippen molar-refractivity contribution in [1.82, 2.24) is 0 Å². The molecule has 0 amide bonds. The topological polar surface area (TPSA) is 71.1 Å². The third-order valence-corrected chi connectivity index (χ3v) is 6.65. The standard InChI is InChI=1S/C18H19BrO3.C18H20O3/c19-13-18(20)16-8-4-9-17(12-16)22-11-5-10-21-14-15-6-2-1-3-7-15;1-15(19)17-9-5-10-18(13-17)21-12-6-11-20-14-16-7-3-2-4-8-16/h1-4,6-9,12H,5,10-11,13-14H2;2-5,7-10,13H,6,11-12,14H2,1H3. The van der Waals surface area contributed by atoms with Gasteiger partial charge in [0.05, 0.1) is 45.0 Å². The molecule has 0 heterocycles. The van der Waals surface area contributed by atoms with E-state index < -0.39 is 0 Å². The maximum atomic E-state index is 11.6. The molecule has 0 aliphatic heterocycles. The molecule has 0 aromatic heterocycles. The summed E-state index contributed by atoms with van der Waals surface area (Å²) in [7, 11) is 0. The molecule has 0 atom stereocenters. The number of alkyl halides is 1. The minimum atomic E-state index is 0.0478. The summed E-state index contributed by atoms with van der Waals surface area (Å²) in [5.41, 5.74) is 3.68. The van der Waals surface area contributed by atoms with E-state index in [0.717, 1.165) is 24.3 Å². The van der Waals surface area contributed by atoms with E-state index in [2.05, 4.69) is 15.9 Å². The van der Waals surface area contributed by atoms with Gasteiger partial charge in [-0.15, -0.1) is 0 Å². The first-order chi connectivity index (χ1) is 21.0. The molecule has 0 aliphatic carbocycles. The Morgan fingerprint density at radius 1 is 0.581 bits per heavy atom. The number of carbonyl (C=O) groups is 2. The monoisotopic (exact) mass is 646 g/mol. The lowest BCUT2D eigenvalue weighted by Gasteiger charge is -2.08. The molecule has 226 valence electrons. The SMILES string of the molecule is CC(=O)c1cccc(OCCCOCc2ccccc2)c1.O=C(CBr)c1cccc(OCCCOCc2ccccc2)c1. The smallest absolute Gasteiger partial charge is 0.173 e. The highest BCUT2D eigenvalue weighted by Gasteiger charge is 2.05. The molecule has 0 spiro atoms. The van der Waals surface area contributed by atoms with Crippen molar-refractivity contribution in [3.05, 3.63) is 131 Å². The molecule has 43 heavy (non-hydrogen) atoms. The number of hydrogen-bond acceptors (Lipinski definition) is 6. The van der Waals surface area contributed by atoms with Crippen molar-refractivity contribution in [3.63, 3.8) is 0 Å². The van der Waals surface area contributed by atoms with Crippen LogP contribution in [-0.4, -0.2) is 43.3 Å². The van der Waals surface area contributed by atoms with Gasteiger partial charge in [0.15, 0.2) is 11.6 Å². The number of halogens is 1. The molecule has 0 radical (unpaired) electrons. The molecule has 4 rings (SSSR count). The van der Waals surface area contributed by atoms with E-state index in [-0.39, 0.29) is 11.6 Å². The summed E-state index contributed by atoms with van der Waals surface area (Å²) in [6.45, 7) is 5.25. The molecular formula is C36H39BrO6. The third-order valence-electron chi connectivity index (χ3n) is 6.14. The van der Waals surface area contributed by atoms with Gasteiger partial charge >= 0.3 is 0 Å². The van der Waals surface area contributed by atoms with Crippen LogP contribution in [-0.2, 0) is 22.7 Å². The van der Waals surface area contributed by atoms with Crippen molar-refractivity contribution >= 4 is 27.5 Å². The molecule has 0 unspecified atom stereocenters. The van der Waals surface area contributed by atoms with Crippen LogP contribution in [0.5, 0.6) is 11.5 Å². The predicted molar refractivity (Wildman–Crippen MR) is 173 cm³/mol. The van der Waals surface area contributed by atoms with Gasteiger partial charge in [0.25, 0.3) is 0 Å². The zero-order chi connectivity index (χ0) is 30.5. The first-order valence-electron chi connectivity index (χ1n) is 14.3. The molecule has 0 saturated carbocycles. The first-order valence-corrected chi connectivity index (χ1v) is 15.5. The second-order valence-corrected chi connectivity index (χ2v) is 10.2. The number of rotatable bonds is 17. The van der Waals surface area contributed by atoms with Crippen molar-refractivity contribution in [2.75, 3.05) is 31.8 Å². The Morgan fingerprint density at radius 3 is 1.51 bits per heavy atom. The Balaban J connectivity index is 0.000000236. The summed E-state index contributed by atoms with van der Waals surface area (Å²) in [5, 5.41) is 0.323. The van der Waals surface area contributed by atoms with Crippen LogP contribution in [0.3, 0.4) is 0 Å². The second kappa shape index (κ2) is 20.2. The Kier molecular flexibility index (Phi) is 15.8. The maximum absolute atomic E-state index is 11.6. The molecule has 7 heteroatoms. The molecule has 0 fully saturated rings. The minimum Gasteiger partial charge on any atom is -0.493 e. The molecule has 6 nitrogen and oxygen atoms in total. The van der Waals surface area contributed by atoms with Gasteiger partial charge < -0.3 is 18.9 Å². The Morgan fingerprint density at radius 2 is 1.05 bits per heavy atom. The van der Waals surface area contributed by atoms with Gasteiger partial charge in [-0.1, -0.05) is 101 Å². The average molecular weight is 648 g/mol. The van der Waals surface area contributed by atoms with E-state index in [9.17, 15) is 9.59 Å². The van der Waals surface area contributed by atoms with Crippen LogP contribution in [0.1, 0.15) is 51.6 Å². The van der Waals surface area contributed by atoms with Crippen LogP contribution in [0.25, 0.3) is 0 Å². The fraction of sp³-hybridized carbons (Fsp3) is 0.278. The lowest BCUT2D eigenvalue weighted by molar-refractivity contribution is 0.101. The fourth-order valence-electron chi connectivity index (χ4n) is 3.87. The van der Waals surface area contributed by atoms with Crippen LogP contribution < -0.4 is 9.47 Å². The van der Waals surface area contributed by atoms with E-state index in [4.69, 9.17) is 18.9 Å². The maximum Gasteiger partial charge on any atom is 0.173 e. The summed E-state index contributed by atoms with van der Waals surface area (Å²) in [6, 6.07) is 34.7. The largest absolute Gasteiger partial charge is 0.493 e. The van der Waals surface area contributed by atoms with Gasteiger partial charge in [-0.25, -0.2) is 0 Å². The number of ketones is 2. The van der Waals surface area contributed by atoms with Crippen LogP contribution in [0.2, 0.25) is 0 Å². The number of Topliss-reactive ketones (excluding diaryl/α,β-unsaturated/α-hetero) is 2. The van der Waals surface area contributed by atoms with Gasteiger partial charge in [-0.05, 0) is 42.3 Å². The van der Waals surface area contributed by atoms with Crippen molar-refractivity contribution in [1.29, 1.82) is 0 Å². The molecular weight excluding hydrogens is 608 g/mol. The highest BCUT2D eigenvalue weighted by molar-refractivity contribution is 9.09. The van der Waals surface area contributed by atoms with Crippen LogP contribution in [0.15, 0.2) is 109 Å². The van der Waals surface area contributed by atoms with E-state index in [1.54, 1.807) is 31.2 Å². The minimum absolute atomic E-state index is 0.0478. The summed E-state index contributed by atoms with van der Waals surface area (Å²) in [5.74, 6) is 1.55. The van der Waals surface area contributed by atoms with Crippen LogP contribution in [0.4, 0.5) is 0 Å². The molecule has 0 bridgehead atoms. The summed E-state index contributed by atoms with van der Waals surface area (Å²) < 4.78 is 22.4. The normalized spacial score (nSPS) is 10.4. The van der Waals surface area contributed by atoms with Gasteiger partial charge in [-0.2, -0.15) is 0 Å². The summed E-state index contributed by atoms with van der Waals surface area (Å²) in [6.07, 6.45) is 1.63. The number of benzene rings is 4. The van der Waals surface area contributed by atoms with Gasteiger partial charge in [0.1, 0.15) is 11.5 Å². The molecule has 4 aromatic carbocycles. The molecule has 4 aromatic rings. The number of ether oxygens (including phenoxy) is 4. The summed E-state index contributed by atoms with van der Waals surface area (Å²) in [4.78, 5) is 22.9. The van der Waals surface area contributed by atoms with Gasteiger partial charge in [-0.3, -0.25) is 9.59 Å². The van der Waals surface area contributed by atoms with Crippen molar-refractivity contribution in [2.24, 2.45) is 0 Å². The zero-order valence-electron chi connectivity index (χ0n) is 24.6. The van der Waals surface area contributed by atoms with E-state index in [1.165, 1.54) is 11.1 Å². The first kappa shape index (κ1) is 33.7. The third kappa shape index (κ3) is 13.8. The van der Waals surface area contributed by atoms with E-state index in [1.807, 2.05) is 84.9 Å².